The highest BCUT2D eigenvalue weighted by molar-refractivity contribution is 5.93. The molecular weight excluding hydrogens is 426 g/mol. The quantitative estimate of drug-likeness (QED) is 0.531. The number of pyridine rings is 1. The van der Waals surface area contributed by atoms with Gasteiger partial charge >= 0.3 is 5.97 Å². The second kappa shape index (κ2) is 9.54. The summed E-state index contributed by atoms with van der Waals surface area (Å²) in [5.41, 5.74) is -0.0911. The van der Waals surface area contributed by atoms with E-state index in [0.29, 0.717) is 17.0 Å². The Morgan fingerprint density at radius 3 is 2.24 bits per heavy atom. The number of carbonyl (C=O) groups is 1. The molecule has 0 unspecified atom stereocenters. The Bertz CT molecular complexity index is 1210. The SMILES string of the molecule is COc1ccc(COc2cc3c(=O)c(C(=O)O)cn([C@H](CO)C(C)(C)C)c3cc2OC)cc1. The first-order chi connectivity index (χ1) is 15.6. The fourth-order valence-electron chi connectivity index (χ4n) is 3.70. The van der Waals surface area contributed by atoms with Gasteiger partial charge in [0.2, 0.25) is 5.43 Å². The molecule has 3 aromatic rings. The standard InChI is InChI=1S/C25H29NO7/c1-25(2,3)22(13-27)26-12-18(24(29)30)23(28)17-10-21(20(32-5)11-19(17)26)33-14-15-6-8-16(31-4)9-7-15/h6-12,22,27H,13-14H2,1-5H3,(H,29,30)/t22-/m1/s1. The molecule has 0 fully saturated rings. The number of rotatable bonds is 8. The topological polar surface area (TPSA) is 107 Å². The number of fused-ring (bicyclic) bond motifs is 1. The maximum atomic E-state index is 13.0. The lowest BCUT2D eigenvalue weighted by Gasteiger charge is -2.33. The van der Waals surface area contributed by atoms with E-state index < -0.39 is 22.9 Å². The third kappa shape index (κ3) is 4.96. The maximum Gasteiger partial charge on any atom is 0.341 e. The summed E-state index contributed by atoms with van der Waals surface area (Å²) >= 11 is 0. The van der Waals surface area contributed by atoms with Crippen molar-refractivity contribution in [1.29, 1.82) is 0 Å². The molecule has 0 spiro atoms. The van der Waals surface area contributed by atoms with Crippen molar-refractivity contribution in [2.45, 2.75) is 33.4 Å². The molecule has 1 aromatic heterocycles. The average molecular weight is 456 g/mol. The number of aromatic carboxylic acids is 1. The van der Waals surface area contributed by atoms with E-state index in [1.807, 2.05) is 45.0 Å². The number of aliphatic hydroxyl groups excluding tert-OH is 1. The Labute approximate surface area is 192 Å². The lowest BCUT2D eigenvalue weighted by atomic mass is 9.86. The van der Waals surface area contributed by atoms with E-state index in [4.69, 9.17) is 14.2 Å². The summed E-state index contributed by atoms with van der Waals surface area (Å²) in [6.07, 6.45) is 1.29. The van der Waals surface area contributed by atoms with Gasteiger partial charge in [0.05, 0.1) is 37.8 Å². The van der Waals surface area contributed by atoms with Crippen molar-refractivity contribution in [1.82, 2.24) is 4.57 Å². The smallest absolute Gasteiger partial charge is 0.341 e. The Hall–Kier alpha value is -3.52. The van der Waals surface area contributed by atoms with Gasteiger partial charge in [-0.25, -0.2) is 4.79 Å². The van der Waals surface area contributed by atoms with Crippen LogP contribution in [0.1, 0.15) is 42.7 Å². The summed E-state index contributed by atoms with van der Waals surface area (Å²) in [4.78, 5) is 24.8. The van der Waals surface area contributed by atoms with Crippen molar-refractivity contribution < 1.29 is 29.2 Å². The summed E-state index contributed by atoms with van der Waals surface area (Å²) in [6.45, 7) is 5.77. The van der Waals surface area contributed by atoms with Crippen LogP contribution in [0.2, 0.25) is 0 Å². The van der Waals surface area contributed by atoms with Gasteiger partial charge in [0.25, 0.3) is 0 Å². The van der Waals surface area contributed by atoms with E-state index >= 15 is 0 Å². The Morgan fingerprint density at radius 2 is 1.73 bits per heavy atom. The molecule has 2 N–H and O–H groups in total. The molecule has 0 aliphatic heterocycles. The van der Waals surface area contributed by atoms with Crippen LogP contribution in [-0.2, 0) is 6.61 Å². The molecule has 33 heavy (non-hydrogen) atoms. The molecule has 8 nitrogen and oxygen atoms in total. The normalized spacial score (nSPS) is 12.4. The van der Waals surface area contributed by atoms with Crippen LogP contribution in [0.25, 0.3) is 10.9 Å². The number of nitrogens with zero attached hydrogens (tertiary/aromatic N) is 1. The van der Waals surface area contributed by atoms with Crippen LogP contribution in [0.5, 0.6) is 17.2 Å². The van der Waals surface area contributed by atoms with E-state index in [2.05, 4.69) is 0 Å². The van der Waals surface area contributed by atoms with Crippen LogP contribution >= 0.6 is 0 Å². The van der Waals surface area contributed by atoms with Gasteiger partial charge in [-0.05, 0) is 29.2 Å². The number of carboxylic acid groups (broad SMARTS) is 1. The fraction of sp³-hybridized carbons (Fsp3) is 0.360. The van der Waals surface area contributed by atoms with Crippen molar-refractivity contribution in [2.24, 2.45) is 5.41 Å². The third-order valence-corrected chi connectivity index (χ3v) is 5.61. The average Bonchev–Trinajstić information content (AvgIpc) is 2.78. The molecule has 1 atom stereocenters. The van der Waals surface area contributed by atoms with Gasteiger partial charge in [0.1, 0.15) is 17.9 Å². The van der Waals surface area contributed by atoms with Gasteiger partial charge in [-0.1, -0.05) is 32.9 Å². The third-order valence-electron chi connectivity index (χ3n) is 5.61. The molecule has 0 radical (unpaired) electrons. The number of aliphatic hydroxyl groups is 1. The summed E-state index contributed by atoms with van der Waals surface area (Å²) in [6, 6.07) is 10.0. The Balaban J connectivity index is 2.16. The summed E-state index contributed by atoms with van der Waals surface area (Å²) in [5.74, 6) is 0.0833. The predicted octanol–water partition coefficient (Wildman–Crippen LogP) is 3.88. The van der Waals surface area contributed by atoms with E-state index in [0.717, 1.165) is 11.3 Å². The van der Waals surface area contributed by atoms with Gasteiger partial charge in [-0.15, -0.1) is 0 Å². The largest absolute Gasteiger partial charge is 0.497 e. The number of methoxy groups -OCH3 is 2. The Kier molecular flexibility index (Phi) is 6.98. The summed E-state index contributed by atoms with van der Waals surface area (Å²) in [7, 11) is 3.08. The Morgan fingerprint density at radius 1 is 1.06 bits per heavy atom. The first-order valence-corrected chi connectivity index (χ1v) is 10.5. The van der Waals surface area contributed by atoms with E-state index in [-0.39, 0.29) is 24.2 Å². The minimum atomic E-state index is -1.34. The second-order valence-electron chi connectivity index (χ2n) is 8.81. The molecule has 0 amide bonds. The predicted molar refractivity (Wildman–Crippen MR) is 125 cm³/mol. The minimum Gasteiger partial charge on any atom is -0.497 e. The number of carboxylic acids is 1. The lowest BCUT2D eigenvalue weighted by Crippen LogP contribution is -2.30. The second-order valence-corrected chi connectivity index (χ2v) is 8.81. The highest BCUT2D eigenvalue weighted by Gasteiger charge is 2.29. The van der Waals surface area contributed by atoms with Gasteiger partial charge in [-0.2, -0.15) is 0 Å². The van der Waals surface area contributed by atoms with Crippen molar-refractivity contribution >= 4 is 16.9 Å². The molecule has 1 heterocycles. The molecular formula is C25H29NO7. The van der Waals surface area contributed by atoms with Crippen molar-refractivity contribution in [2.75, 3.05) is 20.8 Å². The van der Waals surface area contributed by atoms with E-state index in [1.165, 1.54) is 19.4 Å². The highest BCUT2D eigenvalue weighted by atomic mass is 16.5. The molecule has 0 aliphatic carbocycles. The highest BCUT2D eigenvalue weighted by Crippen LogP contribution is 2.37. The van der Waals surface area contributed by atoms with E-state index in [1.54, 1.807) is 17.7 Å². The molecule has 0 aliphatic rings. The monoisotopic (exact) mass is 455 g/mol. The first-order valence-electron chi connectivity index (χ1n) is 10.5. The number of ether oxygens (including phenoxy) is 3. The first kappa shape index (κ1) is 24.1. The number of hydrogen-bond acceptors (Lipinski definition) is 6. The maximum absolute atomic E-state index is 13.0. The summed E-state index contributed by atoms with van der Waals surface area (Å²) < 4.78 is 18.2. The zero-order valence-electron chi connectivity index (χ0n) is 19.4. The number of aromatic nitrogens is 1. The van der Waals surface area contributed by atoms with Crippen molar-refractivity contribution in [3.05, 3.63) is 63.9 Å². The lowest BCUT2D eigenvalue weighted by molar-refractivity contribution is 0.0692. The van der Waals surface area contributed by atoms with Crippen LogP contribution in [0.3, 0.4) is 0 Å². The molecule has 0 saturated heterocycles. The number of hydrogen-bond donors (Lipinski definition) is 2. The molecule has 2 aromatic carbocycles. The van der Waals surface area contributed by atoms with Crippen LogP contribution in [0.4, 0.5) is 0 Å². The van der Waals surface area contributed by atoms with Gasteiger partial charge < -0.3 is 29.0 Å². The molecule has 0 bridgehead atoms. The fourth-order valence-corrected chi connectivity index (χ4v) is 3.70. The van der Waals surface area contributed by atoms with Gasteiger partial charge in [-0.3, -0.25) is 4.79 Å². The van der Waals surface area contributed by atoms with Gasteiger partial charge in [0.15, 0.2) is 11.5 Å². The summed E-state index contributed by atoms with van der Waals surface area (Å²) in [5, 5.41) is 19.9. The van der Waals surface area contributed by atoms with Gasteiger partial charge in [0, 0.05) is 12.3 Å². The van der Waals surface area contributed by atoms with Crippen molar-refractivity contribution in [3.8, 4) is 17.2 Å². The van der Waals surface area contributed by atoms with Crippen LogP contribution < -0.4 is 19.6 Å². The van der Waals surface area contributed by atoms with E-state index in [9.17, 15) is 19.8 Å². The van der Waals surface area contributed by atoms with Crippen molar-refractivity contribution in [3.63, 3.8) is 0 Å². The molecule has 0 saturated carbocycles. The molecule has 8 heteroatoms. The number of benzene rings is 2. The van der Waals surface area contributed by atoms with Crippen LogP contribution in [0, 0.1) is 5.41 Å². The zero-order valence-corrected chi connectivity index (χ0v) is 19.4. The zero-order chi connectivity index (χ0) is 24.3. The van der Waals surface area contributed by atoms with Crippen LogP contribution in [-0.4, -0.2) is 41.6 Å². The minimum absolute atomic E-state index is 0.170. The van der Waals surface area contributed by atoms with Crippen LogP contribution in [0.15, 0.2) is 47.4 Å². The molecule has 3 rings (SSSR count). The molecule has 176 valence electrons.